The molecule has 0 aliphatic heterocycles. The van der Waals surface area contributed by atoms with Crippen molar-refractivity contribution < 1.29 is 9.22 Å². The molecule has 0 spiro atoms. The third kappa shape index (κ3) is 7.99. The Kier molecular flexibility index (Phi) is 11.4. The Labute approximate surface area is 247 Å². The minimum absolute atomic E-state index is 0.114. The van der Waals surface area contributed by atoms with Crippen LogP contribution >= 0.6 is 11.3 Å². The minimum atomic E-state index is -2.77. The van der Waals surface area contributed by atoms with Crippen LogP contribution in [-0.4, -0.2) is 25.7 Å². The molecule has 0 bridgehead atoms. The second kappa shape index (κ2) is 14.3. The summed E-state index contributed by atoms with van der Waals surface area (Å²) in [5, 5.41) is 5.64. The van der Waals surface area contributed by atoms with Crippen molar-refractivity contribution in [3.8, 4) is 0 Å². The summed E-state index contributed by atoms with van der Waals surface area (Å²) in [6.45, 7) is 17.7. The van der Waals surface area contributed by atoms with Crippen LogP contribution in [0.15, 0.2) is 83.3 Å². The Hall–Kier alpha value is -2.60. The summed E-state index contributed by atoms with van der Waals surface area (Å²) >= 11 is 1.68. The number of benzene rings is 2. The normalized spacial score (nSPS) is 15.5. The number of aryl methyl sites for hydroxylation is 1. The van der Waals surface area contributed by atoms with E-state index in [1.807, 2.05) is 13.8 Å². The van der Waals surface area contributed by atoms with Gasteiger partial charge in [0, 0.05) is 17.2 Å². The molecule has 0 aliphatic rings. The lowest BCUT2D eigenvalue weighted by molar-refractivity contribution is -0.110. The second-order valence-electron chi connectivity index (χ2n) is 12.3. The SMILES string of the molecule is C/C(=C/[C@@H](C)[C@H](O[Si](c1ccccc1)(c1ccccc1)C(C)(C)C)/C(C)=C/c1csc(C)n1)CCC[C@H](C)C=O. The summed E-state index contributed by atoms with van der Waals surface area (Å²) in [5.41, 5.74) is 3.52. The van der Waals surface area contributed by atoms with E-state index in [4.69, 9.17) is 9.41 Å². The van der Waals surface area contributed by atoms with Gasteiger partial charge in [0.25, 0.3) is 8.32 Å². The highest BCUT2D eigenvalue weighted by molar-refractivity contribution is 7.09. The van der Waals surface area contributed by atoms with Crippen LogP contribution in [0.1, 0.15) is 78.4 Å². The summed E-state index contributed by atoms with van der Waals surface area (Å²) in [5.74, 6) is 0.268. The van der Waals surface area contributed by atoms with Crippen molar-refractivity contribution in [3.63, 3.8) is 0 Å². The number of carbonyl (C=O) groups excluding carboxylic acids is 1. The molecule has 0 unspecified atom stereocenters. The van der Waals surface area contributed by atoms with Gasteiger partial charge in [-0.3, -0.25) is 0 Å². The number of aldehydes is 1. The zero-order valence-corrected chi connectivity index (χ0v) is 27.4. The molecule has 3 rings (SSSR count). The molecule has 0 amide bonds. The number of rotatable bonds is 13. The van der Waals surface area contributed by atoms with Crippen molar-refractivity contribution in [2.75, 3.05) is 0 Å². The van der Waals surface area contributed by atoms with E-state index in [1.54, 1.807) is 11.3 Å². The average molecular weight is 574 g/mol. The number of hydrogen-bond donors (Lipinski definition) is 0. The third-order valence-corrected chi connectivity index (χ3v) is 13.5. The minimum Gasteiger partial charge on any atom is -0.400 e. The lowest BCUT2D eigenvalue weighted by Crippen LogP contribution is -2.68. The fourth-order valence-corrected chi connectivity index (χ4v) is 11.0. The number of thiazole rings is 1. The molecule has 3 nitrogen and oxygen atoms in total. The lowest BCUT2D eigenvalue weighted by atomic mass is 9.94. The molecule has 0 saturated carbocycles. The molecule has 2 aromatic carbocycles. The van der Waals surface area contributed by atoms with E-state index in [9.17, 15) is 4.79 Å². The van der Waals surface area contributed by atoms with Crippen molar-refractivity contribution >= 4 is 42.4 Å². The number of nitrogens with zero attached hydrogens (tertiary/aromatic N) is 1. The summed E-state index contributed by atoms with van der Waals surface area (Å²) in [6.07, 6.45) is 8.45. The van der Waals surface area contributed by atoms with Gasteiger partial charge in [0.05, 0.1) is 16.8 Å². The molecule has 0 N–H and O–H groups in total. The number of carbonyl (C=O) groups is 1. The Bertz CT molecular complexity index is 1230. The van der Waals surface area contributed by atoms with Gasteiger partial charge in [-0.15, -0.1) is 11.3 Å². The van der Waals surface area contributed by atoms with Gasteiger partial charge in [-0.1, -0.05) is 107 Å². The van der Waals surface area contributed by atoms with Crippen molar-refractivity contribution in [2.45, 2.75) is 85.8 Å². The monoisotopic (exact) mass is 573 g/mol. The molecule has 0 fully saturated rings. The first-order chi connectivity index (χ1) is 19.0. The van der Waals surface area contributed by atoms with Gasteiger partial charge in [0.1, 0.15) is 6.29 Å². The summed E-state index contributed by atoms with van der Waals surface area (Å²) in [6, 6.07) is 21.7. The van der Waals surface area contributed by atoms with Crippen molar-refractivity contribution in [1.29, 1.82) is 0 Å². The zero-order valence-electron chi connectivity index (χ0n) is 25.6. The van der Waals surface area contributed by atoms with E-state index in [1.165, 1.54) is 21.5 Å². The smallest absolute Gasteiger partial charge is 0.261 e. The van der Waals surface area contributed by atoms with Crippen LogP contribution in [0.3, 0.4) is 0 Å². The van der Waals surface area contributed by atoms with Crippen molar-refractivity contribution in [2.24, 2.45) is 11.8 Å². The molecule has 3 aromatic rings. The number of aromatic nitrogens is 1. The molecule has 1 aromatic heterocycles. The molecular weight excluding hydrogens is 527 g/mol. The van der Waals surface area contributed by atoms with Gasteiger partial charge in [0.15, 0.2) is 0 Å². The molecule has 40 heavy (non-hydrogen) atoms. The van der Waals surface area contributed by atoms with Crippen LogP contribution in [-0.2, 0) is 9.22 Å². The van der Waals surface area contributed by atoms with Gasteiger partial charge in [0.2, 0.25) is 0 Å². The van der Waals surface area contributed by atoms with Gasteiger partial charge in [-0.25, -0.2) is 4.98 Å². The maximum atomic E-state index is 11.1. The highest BCUT2D eigenvalue weighted by atomic mass is 32.1. The molecular formula is C35H47NO2SSi. The van der Waals surface area contributed by atoms with E-state index in [0.29, 0.717) is 0 Å². The summed E-state index contributed by atoms with van der Waals surface area (Å²) in [4.78, 5) is 15.8. The highest BCUT2D eigenvalue weighted by Gasteiger charge is 2.52. The molecule has 1 heterocycles. The molecule has 0 radical (unpaired) electrons. The maximum Gasteiger partial charge on any atom is 0.261 e. The number of allylic oxidation sites excluding steroid dienone is 1. The van der Waals surface area contributed by atoms with Crippen LogP contribution in [0.5, 0.6) is 0 Å². The van der Waals surface area contributed by atoms with Gasteiger partial charge in [-0.05, 0) is 67.1 Å². The van der Waals surface area contributed by atoms with E-state index in [-0.39, 0.29) is 23.0 Å². The van der Waals surface area contributed by atoms with Gasteiger partial charge >= 0.3 is 0 Å². The fraction of sp³-hybridized carbons (Fsp3) is 0.429. The van der Waals surface area contributed by atoms with Crippen LogP contribution < -0.4 is 10.4 Å². The van der Waals surface area contributed by atoms with E-state index in [0.717, 1.165) is 36.3 Å². The third-order valence-electron chi connectivity index (χ3n) is 7.67. The van der Waals surface area contributed by atoms with Crippen molar-refractivity contribution in [3.05, 3.63) is 94.0 Å². The summed E-state index contributed by atoms with van der Waals surface area (Å²) < 4.78 is 7.69. The van der Waals surface area contributed by atoms with E-state index < -0.39 is 8.32 Å². The average Bonchev–Trinajstić information content (AvgIpc) is 3.33. The number of hydrogen-bond acceptors (Lipinski definition) is 4. The highest BCUT2D eigenvalue weighted by Crippen LogP contribution is 2.40. The molecule has 214 valence electrons. The standard InChI is InChI=1S/C35H47NO2SSi/c1-26(16-15-17-27(2)24-37)22-28(3)34(29(4)23-31-25-39-30(5)36-31)38-40(35(6,7)8,32-18-11-9-12-19-32)33-20-13-10-14-21-33/h9-14,18-25,27-28,34H,15-17H2,1-8H3/b26-22-,29-23+/t27-,28+,34-/m0/s1. The van der Waals surface area contributed by atoms with E-state index >= 15 is 0 Å². The quantitative estimate of drug-likeness (QED) is 0.117. The fourth-order valence-electron chi connectivity index (χ4n) is 5.65. The lowest BCUT2D eigenvalue weighted by Gasteiger charge is -2.46. The first-order valence-corrected chi connectivity index (χ1v) is 17.3. The molecule has 5 heteroatoms. The van der Waals surface area contributed by atoms with Gasteiger partial charge < -0.3 is 9.22 Å². The Morgan fingerprint density at radius 1 is 1.00 bits per heavy atom. The largest absolute Gasteiger partial charge is 0.400 e. The molecule has 0 aliphatic carbocycles. The maximum absolute atomic E-state index is 11.1. The summed E-state index contributed by atoms with van der Waals surface area (Å²) in [7, 11) is -2.77. The Balaban J connectivity index is 2.12. The second-order valence-corrected chi connectivity index (χ2v) is 17.6. The zero-order chi connectivity index (χ0) is 29.3. The predicted molar refractivity (Wildman–Crippen MR) is 175 cm³/mol. The van der Waals surface area contributed by atoms with Crippen LogP contribution in [0.2, 0.25) is 5.04 Å². The van der Waals surface area contributed by atoms with Gasteiger partial charge in [-0.2, -0.15) is 0 Å². The Morgan fingerprint density at radius 2 is 1.57 bits per heavy atom. The van der Waals surface area contributed by atoms with Crippen LogP contribution in [0.25, 0.3) is 6.08 Å². The first kappa shape index (κ1) is 31.9. The topological polar surface area (TPSA) is 39.2 Å². The van der Waals surface area contributed by atoms with Crippen molar-refractivity contribution in [1.82, 2.24) is 4.98 Å². The van der Waals surface area contributed by atoms with E-state index in [2.05, 4.69) is 120 Å². The predicted octanol–water partition coefficient (Wildman–Crippen LogP) is 8.39. The first-order valence-electron chi connectivity index (χ1n) is 14.5. The molecule has 3 atom stereocenters. The van der Waals surface area contributed by atoms with Crippen LogP contribution in [0.4, 0.5) is 0 Å². The molecule has 0 saturated heterocycles. The van der Waals surface area contributed by atoms with Crippen LogP contribution in [0, 0.1) is 18.8 Å². The Morgan fingerprint density at radius 3 is 2.05 bits per heavy atom.